The Morgan fingerprint density at radius 2 is 1.52 bits per heavy atom. The summed E-state index contributed by atoms with van der Waals surface area (Å²) in [6.45, 7) is 11.4. The highest BCUT2D eigenvalue weighted by Crippen LogP contribution is 2.07. The first-order valence-electron chi connectivity index (χ1n) is 6.85. The molecule has 2 aromatic rings. The van der Waals surface area contributed by atoms with Gasteiger partial charge in [-0.2, -0.15) is 4.39 Å². The van der Waals surface area contributed by atoms with Crippen LogP contribution in [-0.2, 0) is 0 Å². The van der Waals surface area contributed by atoms with E-state index in [1.165, 1.54) is 6.92 Å². The lowest BCUT2D eigenvalue weighted by molar-refractivity contribution is 0.551. The van der Waals surface area contributed by atoms with E-state index in [-0.39, 0.29) is 5.56 Å². The zero-order valence-corrected chi connectivity index (χ0v) is 14.2. The molecule has 0 saturated heterocycles. The monoisotopic (exact) mass is 316 g/mol. The van der Waals surface area contributed by atoms with E-state index < -0.39 is 11.8 Å². The van der Waals surface area contributed by atoms with Crippen molar-refractivity contribution in [3.05, 3.63) is 58.6 Å². The predicted octanol–water partition coefficient (Wildman–Crippen LogP) is 5.76. The van der Waals surface area contributed by atoms with Crippen molar-refractivity contribution in [2.75, 3.05) is 0 Å². The van der Waals surface area contributed by atoms with Gasteiger partial charge in [0.1, 0.15) is 11.0 Å². The summed E-state index contributed by atoms with van der Waals surface area (Å²) >= 11 is 5.60. The summed E-state index contributed by atoms with van der Waals surface area (Å²) in [5.74, 6) is -1.12. The first-order chi connectivity index (χ1) is 10.0. The molecule has 5 heteroatoms. The van der Waals surface area contributed by atoms with E-state index in [0.717, 1.165) is 17.8 Å². The molecule has 0 fully saturated rings. The smallest absolute Gasteiger partial charge is 0.215 e. The number of aromatic nitrogens is 2. The number of pyridine rings is 2. The number of hydrogen-bond donors (Lipinski definition) is 0. The van der Waals surface area contributed by atoms with Crippen molar-refractivity contribution in [3.8, 4) is 0 Å². The number of aryl methyl sites for hydroxylation is 2. The van der Waals surface area contributed by atoms with E-state index in [2.05, 4.69) is 9.97 Å². The van der Waals surface area contributed by atoms with E-state index in [1.54, 1.807) is 6.20 Å². The Labute approximate surface area is 131 Å². The average Bonchev–Trinajstić information content (AvgIpc) is 2.51. The highest BCUT2D eigenvalue weighted by Gasteiger charge is 1.97. The molecule has 21 heavy (non-hydrogen) atoms. The Morgan fingerprint density at radius 1 is 0.952 bits per heavy atom. The SMILES string of the molecule is CC.CC.Cc1cc(F)cnc1F.Cc1cccnc1Cl. The molecule has 0 aliphatic rings. The molecule has 2 nitrogen and oxygen atoms in total. The van der Waals surface area contributed by atoms with Gasteiger partial charge in [0.25, 0.3) is 0 Å². The predicted molar refractivity (Wildman–Crippen MR) is 85.6 cm³/mol. The van der Waals surface area contributed by atoms with Crippen LogP contribution in [0.1, 0.15) is 38.8 Å². The summed E-state index contributed by atoms with van der Waals surface area (Å²) in [6.07, 6.45) is 2.53. The molecule has 0 spiro atoms. The summed E-state index contributed by atoms with van der Waals surface area (Å²) in [5, 5.41) is 0.590. The second-order valence-electron chi connectivity index (χ2n) is 3.37. The van der Waals surface area contributed by atoms with Crippen LogP contribution in [0.25, 0.3) is 0 Å². The van der Waals surface area contributed by atoms with E-state index in [0.29, 0.717) is 5.15 Å². The van der Waals surface area contributed by atoms with Gasteiger partial charge in [-0.25, -0.2) is 14.4 Å². The number of rotatable bonds is 0. The van der Waals surface area contributed by atoms with Gasteiger partial charge in [0.2, 0.25) is 5.95 Å². The Kier molecular flexibility index (Phi) is 13.9. The minimum Gasteiger partial charge on any atom is -0.244 e. The Hall–Kier alpha value is -1.55. The number of halogens is 3. The van der Waals surface area contributed by atoms with Gasteiger partial charge in [0.05, 0.1) is 6.20 Å². The molecule has 0 bridgehead atoms. The van der Waals surface area contributed by atoms with Crippen molar-refractivity contribution >= 4 is 11.6 Å². The van der Waals surface area contributed by atoms with E-state index in [9.17, 15) is 8.78 Å². The molecule has 0 aromatic carbocycles. The molecule has 2 aromatic heterocycles. The average molecular weight is 317 g/mol. The third-order valence-corrected chi connectivity index (χ3v) is 2.32. The van der Waals surface area contributed by atoms with Gasteiger partial charge in [-0.15, -0.1) is 0 Å². The number of hydrogen-bond acceptors (Lipinski definition) is 2. The number of nitrogens with zero attached hydrogens (tertiary/aromatic N) is 2. The van der Waals surface area contributed by atoms with Crippen molar-refractivity contribution < 1.29 is 8.78 Å². The lowest BCUT2D eigenvalue weighted by Crippen LogP contribution is -1.87. The van der Waals surface area contributed by atoms with Gasteiger partial charge in [-0.1, -0.05) is 45.4 Å². The molecular formula is C16H23ClF2N2. The van der Waals surface area contributed by atoms with Crippen LogP contribution in [-0.4, -0.2) is 9.97 Å². The molecule has 0 aliphatic carbocycles. The zero-order chi connectivity index (χ0) is 16.8. The van der Waals surface area contributed by atoms with Gasteiger partial charge in [-0.05, 0) is 31.5 Å². The minimum atomic E-state index is -0.614. The van der Waals surface area contributed by atoms with Crippen molar-refractivity contribution in [1.29, 1.82) is 0 Å². The third kappa shape index (κ3) is 9.91. The Morgan fingerprint density at radius 3 is 1.86 bits per heavy atom. The van der Waals surface area contributed by atoms with Crippen molar-refractivity contribution in [2.24, 2.45) is 0 Å². The molecule has 2 rings (SSSR count). The molecule has 0 aliphatic heterocycles. The van der Waals surface area contributed by atoms with Crippen LogP contribution in [0.5, 0.6) is 0 Å². The molecule has 0 radical (unpaired) electrons. The molecule has 0 saturated carbocycles. The molecule has 118 valence electrons. The van der Waals surface area contributed by atoms with Crippen molar-refractivity contribution in [2.45, 2.75) is 41.5 Å². The first-order valence-corrected chi connectivity index (χ1v) is 7.23. The Balaban J connectivity index is 0. The molecule has 0 unspecified atom stereocenters. The van der Waals surface area contributed by atoms with Crippen LogP contribution < -0.4 is 0 Å². The minimum absolute atomic E-state index is 0.231. The third-order valence-electron chi connectivity index (χ3n) is 1.93. The van der Waals surface area contributed by atoms with Gasteiger partial charge >= 0.3 is 0 Å². The maximum absolute atomic E-state index is 12.2. The van der Waals surface area contributed by atoms with E-state index in [1.807, 2.05) is 46.8 Å². The fourth-order valence-corrected chi connectivity index (χ4v) is 1.11. The summed E-state index contributed by atoms with van der Waals surface area (Å²) in [7, 11) is 0. The highest BCUT2D eigenvalue weighted by atomic mass is 35.5. The van der Waals surface area contributed by atoms with Gasteiger partial charge < -0.3 is 0 Å². The highest BCUT2D eigenvalue weighted by molar-refractivity contribution is 6.30. The van der Waals surface area contributed by atoms with Gasteiger partial charge in [0.15, 0.2) is 0 Å². The standard InChI is InChI=1S/C6H6ClN.C6H5F2N.2C2H6/c1-5-3-2-4-8-6(5)7;1-4-2-5(7)3-9-6(4)8;2*1-2/h2-4H,1H3;2-3H,1H3;2*1-2H3. The van der Waals surface area contributed by atoms with Crippen molar-refractivity contribution in [1.82, 2.24) is 9.97 Å². The quantitative estimate of drug-likeness (QED) is 0.577. The maximum atomic E-state index is 12.2. The summed E-state index contributed by atoms with van der Waals surface area (Å²) in [4.78, 5) is 6.98. The normalized spacial score (nSPS) is 8.24. The topological polar surface area (TPSA) is 25.8 Å². The second kappa shape index (κ2) is 13.4. The van der Waals surface area contributed by atoms with E-state index in [4.69, 9.17) is 11.6 Å². The lowest BCUT2D eigenvalue weighted by atomic mass is 10.3. The fourth-order valence-electron chi connectivity index (χ4n) is 0.990. The van der Waals surface area contributed by atoms with Gasteiger partial charge in [-0.3, -0.25) is 0 Å². The summed E-state index contributed by atoms with van der Waals surface area (Å²) in [6, 6.07) is 4.89. The molecular weight excluding hydrogens is 294 g/mol. The van der Waals surface area contributed by atoms with Crippen LogP contribution >= 0.6 is 11.6 Å². The fraction of sp³-hybridized carbons (Fsp3) is 0.375. The summed E-state index contributed by atoms with van der Waals surface area (Å²) < 4.78 is 24.3. The first kappa shape index (κ1) is 21.7. The molecule has 0 amide bonds. The summed E-state index contributed by atoms with van der Waals surface area (Å²) in [5.41, 5.74) is 1.25. The van der Waals surface area contributed by atoms with Crippen LogP contribution in [0.4, 0.5) is 8.78 Å². The van der Waals surface area contributed by atoms with Gasteiger partial charge in [0, 0.05) is 11.8 Å². The largest absolute Gasteiger partial charge is 0.244 e. The van der Waals surface area contributed by atoms with Crippen LogP contribution in [0, 0.1) is 25.6 Å². The zero-order valence-electron chi connectivity index (χ0n) is 13.4. The van der Waals surface area contributed by atoms with Crippen LogP contribution in [0.3, 0.4) is 0 Å². The second-order valence-corrected chi connectivity index (χ2v) is 3.73. The van der Waals surface area contributed by atoms with Crippen LogP contribution in [0.2, 0.25) is 5.15 Å². The van der Waals surface area contributed by atoms with Crippen LogP contribution in [0.15, 0.2) is 30.6 Å². The Bertz CT molecular complexity index is 484. The maximum Gasteiger partial charge on any atom is 0.215 e. The van der Waals surface area contributed by atoms with Crippen molar-refractivity contribution in [3.63, 3.8) is 0 Å². The molecule has 0 atom stereocenters. The van der Waals surface area contributed by atoms with E-state index >= 15 is 0 Å². The molecule has 0 N–H and O–H groups in total. The molecule has 2 heterocycles. The lowest BCUT2D eigenvalue weighted by Gasteiger charge is -1.91.